The Morgan fingerprint density at radius 2 is 1.90 bits per heavy atom. The maximum atomic E-state index is 12.3. The van der Waals surface area contributed by atoms with Gasteiger partial charge in [-0.1, -0.05) is 12.1 Å². The van der Waals surface area contributed by atoms with Crippen molar-refractivity contribution >= 4 is 28.5 Å². The van der Waals surface area contributed by atoms with Crippen LogP contribution >= 0.6 is 11.3 Å². The highest BCUT2D eigenvalue weighted by Crippen LogP contribution is 2.27. The third-order valence-corrected chi connectivity index (χ3v) is 4.40. The van der Waals surface area contributed by atoms with Crippen molar-refractivity contribution in [2.75, 3.05) is 12.4 Å². The number of thiazole rings is 1. The average Bonchev–Trinajstić information content (AvgIpc) is 3.14. The normalized spacial score (nSPS) is 11.4. The highest BCUT2D eigenvalue weighted by atomic mass is 32.1. The Morgan fingerprint density at radius 1 is 1.14 bits per heavy atom. The Balaban J connectivity index is 1.62. The van der Waals surface area contributed by atoms with Gasteiger partial charge in [-0.15, -0.1) is 24.5 Å². The lowest BCUT2D eigenvalue weighted by Crippen LogP contribution is -2.17. The maximum absolute atomic E-state index is 12.3. The van der Waals surface area contributed by atoms with Gasteiger partial charge in [-0.3, -0.25) is 10.1 Å². The number of ether oxygens (including phenoxy) is 2. The predicted octanol–water partition coefficient (Wildman–Crippen LogP) is 5.37. The van der Waals surface area contributed by atoms with E-state index < -0.39 is 12.3 Å². The summed E-state index contributed by atoms with van der Waals surface area (Å²) in [6, 6.07) is 12.7. The van der Waals surface area contributed by atoms with Crippen molar-refractivity contribution in [3.05, 3.63) is 65.6 Å². The molecule has 0 fully saturated rings. The Kier molecular flexibility index (Phi) is 6.18. The monoisotopic (exact) mass is 420 g/mol. The van der Waals surface area contributed by atoms with E-state index >= 15 is 0 Å². The molecule has 0 saturated carbocycles. The Labute approximate surface area is 168 Å². The van der Waals surface area contributed by atoms with Crippen molar-refractivity contribution in [2.24, 2.45) is 0 Å². The minimum absolute atomic E-state index is 0.357. The zero-order valence-corrected chi connectivity index (χ0v) is 15.9. The zero-order valence-electron chi connectivity index (χ0n) is 15.1. The van der Waals surface area contributed by atoms with Gasteiger partial charge < -0.3 is 9.47 Å². The molecular weight excluding hydrogens is 405 g/mol. The molecule has 3 rings (SSSR count). The molecule has 0 radical (unpaired) electrons. The molecule has 1 N–H and O–H groups in total. The number of nitrogens with zero attached hydrogens (tertiary/aromatic N) is 1. The first-order chi connectivity index (χ1) is 13.8. The molecule has 29 heavy (non-hydrogen) atoms. The highest BCUT2D eigenvalue weighted by molar-refractivity contribution is 7.14. The summed E-state index contributed by atoms with van der Waals surface area (Å²) in [6.45, 7) is 0. The van der Waals surface area contributed by atoms with E-state index in [1.807, 2.05) is 24.3 Å². The number of hydrogen-bond acceptors (Lipinski definition) is 5. The number of benzene rings is 2. The number of anilines is 1. The van der Waals surface area contributed by atoms with Crippen LogP contribution in [0.5, 0.6) is 11.5 Å². The lowest BCUT2D eigenvalue weighted by Gasteiger charge is -2.08. The van der Waals surface area contributed by atoms with Crippen LogP contribution in [0.3, 0.4) is 0 Å². The molecule has 3 aromatic rings. The number of rotatable bonds is 6. The number of alkyl halides is 3. The molecule has 5 nitrogen and oxygen atoms in total. The van der Waals surface area contributed by atoms with Crippen LogP contribution < -0.4 is 14.8 Å². The second kappa shape index (κ2) is 8.78. The first kappa shape index (κ1) is 20.4. The van der Waals surface area contributed by atoms with Gasteiger partial charge in [0.1, 0.15) is 11.5 Å². The van der Waals surface area contributed by atoms with Crippen molar-refractivity contribution in [1.82, 2.24) is 4.98 Å². The van der Waals surface area contributed by atoms with E-state index in [4.69, 9.17) is 4.74 Å². The Bertz CT molecular complexity index is 1010. The quantitative estimate of drug-likeness (QED) is 0.545. The molecular formula is C20H15F3N2O3S. The fourth-order valence-corrected chi connectivity index (χ4v) is 3.08. The van der Waals surface area contributed by atoms with Gasteiger partial charge in [0.15, 0.2) is 5.13 Å². The van der Waals surface area contributed by atoms with Crippen molar-refractivity contribution < 1.29 is 27.4 Å². The first-order valence-electron chi connectivity index (χ1n) is 8.27. The number of halogens is 3. The number of methoxy groups -OCH3 is 1. The van der Waals surface area contributed by atoms with E-state index in [0.29, 0.717) is 16.4 Å². The van der Waals surface area contributed by atoms with Gasteiger partial charge in [-0.25, -0.2) is 4.98 Å². The third-order valence-electron chi connectivity index (χ3n) is 3.64. The molecule has 150 valence electrons. The van der Waals surface area contributed by atoms with Crippen LogP contribution in [-0.2, 0) is 4.79 Å². The summed E-state index contributed by atoms with van der Waals surface area (Å²) < 4.78 is 45.8. The number of carbonyl (C=O) groups excluding carboxylic acids is 1. The van der Waals surface area contributed by atoms with Crippen LogP contribution in [0, 0.1) is 0 Å². The summed E-state index contributed by atoms with van der Waals surface area (Å²) in [4.78, 5) is 16.4. The van der Waals surface area contributed by atoms with Crippen LogP contribution in [0.4, 0.5) is 18.3 Å². The number of hydrogen-bond donors (Lipinski definition) is 1. The predicted molar refractivity (Wildman–Crippen MR) is 105 cm³/mol. The average molecular weight is 420 g/mol. The van der Waals surface area contributed by atoms with Gasteiger partial charge in [-0.2, -0.15) is 0 Å². The molecule has 9 heteroatoms. The van der Waals surface area contributed by atoms with E-state index in [9.17, 15) is 18.0 Å². The second-order valence-electron chi connectivity index (χ2n) is 5.71. The second-order valence-corrected chi connectivity index (χ2v) is 6.57. The van der Waals surface area contributed by atoms with Gasteiger partial charge in [0.05, 0.1) is 12.8 Å². The standard InChI is InChI=1S/C20H15F3N2O3S/c1-27-15-8-6-14(7-9-15)17-12-29-19(24-17)25-18(26)10-5-13-3-2-4-16(11-13)28-20(21,22)23/h2-12H,1H3,(H,24,25,26)/b10-5+. The van der Waals surface area contributed by atoms with E-state index in [0.717, 1.165) is 11.3 Å². The van der Waals surface area contributed by atoms with E-state index in [1.165, 1.54) is 41.7 Å². The molecule has 0 unspecified atom stereocenters. The molecule has 1 heterocycles. The van der Waals surface area contributed by atoms with Crippen LogP contribution in [0.2, 0.25) is 0 Å². The summed E-state index contributed by atoms with van der Waals surface area (Å²) in [5.74, 6) is -0.0840. The van der Waals surface area contributed by atoms with E-state index in [-0.39, 0.29) is 5.75 Å². The number of carbonyl (C=O) groups is 1. The smallest absolute Gasteiger partial charge is 0.497 e. The van der Waals surface area contributed by atoms with Gasteiger partial charge in [0.2, 0.25) is 5.91 Å². The summed E-state index contributed by atoms with van der Waals surface area (Å²) in [5.41, 5.74) is 1.97. The molecule has 2 aromatic carbocycles. The minimum Gasteiger partial charge on any atom is -0.497 e. The fraction of sp³-hybridized carbons (Fsp3) is 0.100. The molecule has 0 aliphatic heterocycles. The lowest BCUT2D eigenvalue weighted by atomic mass is 10.2. The SMILES string of the molecule is COc1ccc(-c2csc(NC(=O)/C=C/c3cccc(OC(F)(F)F)c3)n2)cc1. The van der Waals surface area contributed by atoms with Crippen molar-refractivity contribution in [2.45, 2.75) is 6.36 Å². The summed E-state index contributed by atoms with van der Waals surface area (Å²) in [5, 5.41) is 4.83. The minimum atomic E-state index is -4.77. The zero-order chi connectivity index (χ0) is 20.9. The molecule has 0 atom stereocenters. The number of amides is 1. The fourth-order valence-electron chi connectivity index (χ4n) is 2.36. The largest absolute Gasteiger partial charge is 0.573 e. The lowest BCUT2D eigenvalue weighted by molar-refractivity contribution is -0.274. The Hall–Kier alpha value is -3.33. The summed E-state index contributed by atoms with van der Waals surface area (Å²) in [6.07, 6.45) is -2.18. The number of aromatic nitrogens is 1. The topological polar surface area (TPSA) is 60.5 Å². The van der Waals surface area contributed by atoms with Crippen molar-refractivity contribution in [3.8, 4) is 22.8 Å². The molecule has 0 aliphatic carbocycles. The van der Waals surface area contributed by atoms with E-state index in [2.05, 4.69) is 15.0 Å². The molecule has 1 amide bonds. The Morgan fingerprint density at radius 3 is 2.59 bits per heavy atom. The van der Waals surface area contributed by atoms with Gasteiger partial charge in [0, 0.05) is 17.0 Å². The van der Waals surface area contributed by atoms with Gasteiger partial charge in [-0.05, 0) is 48.0 Å². The molecule has 0 aliphatic rings. The molecule has 0 saturated heterocycles. The van der Waals surface area contributed by atoms with Gasteiger partial charge >= 0.3 is 6.36 Å². The molecule has 0 bridgehead atoms. The third kappa shape index (κ3) is 6.08. The van der Waals surface area contributed by atoms with E-state index in [1.54, 1.807) is 18.6 Å². The van der Waals surface area contributed by atoms with Crippen LogP contribution in [0.1, 0.15) is 5.56 Å². The molecule has 0 spiro atoms. The van der Waals surface area contributed by atoms with Crippen LogP contribution in [-0.4, -0.2) is 24.4 Å². The van der Waals surface area contributed by atoms with Crippen LogP contribution in [0.25, 0.3) is 17.3 Å². The van der Waals surface area contributed by atoms with Gasteiger partial charge in [0.25, 0.3) is 0 Å². The highest BCUT2D eigenvalue weighted by Gasteiger charge is 2.31. The van der Waals surface area contributed by atoms with Crippen molar-refractivity contribution in [3.63, 3.8) is 0 Å². The van der Waals surface area contributed by atoms with Crippen molar-refractivity contribution in [1.29, 1.82) is 0 Å². The summed E-state index contributed by atoms with van der Waals surface area (Å²) in [7, 11) is 1.58. The number of nitrogens with one attached hydrogen (secondary N) is 1. The molecule has 1 aromatic heterocycles. The summed E-state index contributed by atoms with van der Waals surface area (Å²) >= 11 is 1.26. The first-order valence-corrected chi connectivity index (χ1v) is 9.15. The van der Waals surface area contributed by atoms with Crippen LogP contribution in [0.15, 0.2) is 60.0 Å². The maximum Gasteiger partial charge on any atom is 0.573 e.